The second-order valence-corrected chi connectivity index (χ2v) is 2.42. The van der Waals surface area contributed by atoms with Crippen LogP contribution >= 0.6 is 12.4 Å². The van der Waals surface area contributed by atoms with Gasteiger partial charge < -0.3 is 10.2 Å². The molecule has 3 nitrogen and oxygen atoms in total. The van der Waals surface area contributed by atoms with E-state index in [1.165, 1.54) is 0 Å². The van der Waals surface area contributed by atoms with E-state index in [-0.39, 0.29) is 18.4 Å². The molecule has 0 spiro atoms. The van der Waals surface area contributed by atoms with E-state index >= 15 is 0 Å². The van der Waals surface area contributed by atoms with E-state index in [1.54, 1.807) is 6.07 Å². The van der Waals surface area contributed by atoms with E-state index in [2.05, 4.69) is 0 Å². The molecule has 1 atom stereocenters. The zero-order valence-corrected chi connectivity index (χ0v) is 7.60. The SMILES string of the molecule is Cc1ccc([C@H](N)CC#N)o1.Cl. The number of nitrogens with zero attached hydrogens (tertiary/aromatic N) is 1. The Labute approximate surface area is 77.6 Å². The topological polar surface area (TPSA) is 63.0 Å². The Balaban J connectivity index is 0.00000121. The van der Waals surface area contributed by atoms with Gasteiger partial charge in [0.05, 0.1) is 18.5 Å². The van der Waals surface area contributed by atoms with E-state index in [0.717, 1.165) is 5.76 Å². The van der Waals surface area contributed by atoms with Gasteiger partial charge in [-0.25, -0.2) is 0 Å². The Bertz CT molecular complexity index is 277. The number of nitrogens with two attached hydrogens (primary N) is 1. The monoisotopic (exact) mass is 186 g/mol. The first kappa shape index (κ1) is 11.0. The van der Waals surface area contributed by atoms with Crippen LogP contribution in [0.25, 0.3) is 0 Å². The predicted octanol–water partition coefficient (Wildman–Crippen LogP) is 1.92. The first-order valence-corrected chi connectivity index (χ1v) is 3.43. The summed E-state index contributed by atoms with van der Waals surface area (Å²) in [5, 5.41) is 8.33. The zero-order valence-electron chi connectivity index (χ0n) is 6.78. The Morgan fingerprint density at radius 2 is 2.33 bits per heavy atom. The van der Waals surface area contributed by atoms with Crippen LogP contribution in [0.4, 0.5) is 0 Å². The molecule has 1 rings (SSSR count). The fraction of sp³-hybridized carbons (Fsp3) is 0.375. The van der Waals surface area contributed by atoms with Crippen LogP contribution in [0.2, 0.25) is 0 Å². The van der Waals surface area contributed by atoms with Crippen LogP contribution in [-0.2, 0) is 0 Å². The summed E-state index contributed by atoms with van der Waals surface area (Å²) in [4.78, 5) is 0. The van der Waals surface area contributed by atoms with Crippen molar-refractivity contribution in [2.45, 2.75) is 19.4 Å². The second-order valence-electron chi connectivity index (χ2n) is 2.42. The molecule has 0 aliphatic carbocycles. The van der Waals surface area contributed by atoms with Crippen molar-refractivity contribution in [3.63, 3.8) is 0 Å². The number of aryl methyl sites for hydroxylation is 1. The summed E-state index contributed by atoms with van der Waals surface area (Å²) < 4.78 is 5.22. The molecule has 4 heteroatoms. The molecule has 0 aliphatic rings. The summed E-state index contributed by atoms with van der Waals surface area (Å²) in [5.41, 5.74) is 5.60. The van der Waals surface area contributed by atoms with Gasteiger partial charge in [0.2, 0.25) is 0 Å². The molecule has 2 N–H and O–H groups in total. The van der Waals surface area contributed by atoms with Crippen LogP contribution in [0.3, 0.4) is 0 Å². The maximum absolute atomic E-state index is 8.33. The van der Waals surface area contributed by atoms with E-state index in [4.69, 9.17) is 15.4 Å². The molecule has 1 aromatic heterocycles. The predicted molar refractivity (Wildman–Crippen MR) is 47.9 cm³/mol. The summed E-state index contributed by atoms with van der Waals surface area (Å²) in [6.45, 7) is 1.85. The van der Waals surface area contributed by atoms with E-state index in [0.29, 0.717) is 12.2 Å². The van der Waals surface area contributed by atoms with Gasteiger partial charge in [0.1, 0.15) is 11.5 Å². The molecule has 0 saturated carbocycles. The highest BCUT2D eigenvalue weighted by atomic mass is 35.5. The molecule has 0 amide bonds. The molecule has 1 aromatic rings. The van der Waals surface area contributed by atoms with Gasteiger partial charge >= 0.3 is 0 Å². The van der Waals surface area contributed by atoms with E-state index in [1.807, 2.05) is 19.1 Å². The minimum absolute atomic E-state index is 0. The molecule has 12 heavy (non-hydrogen) atoms. The highest BCUT2D eigenvalue weighted by Crippen LogP contribution is 2.15. The third-order valence-electron chi connectivity index (χ3n) is 1.44. The van der Waals surface area contributed by atoms with Crippen LogP contribution < -0.4 is 5.73 Å². The first-order chi connectivity index (χ1) is 5.24. The maximum atomic E-state index is 8.33. The van der Waals surface area contributed by atoms with Crippen molar-refractivity contribution in [1.29, 1.82) is 5.26 Å². The smallest absolute Gasteiger partial charge is 0.121 e. The first-order valence-electron chi connectivity index (χ1n) is 3.43. The fourth-order valence-electron chi connectivity index (χ4n) is 0.852. The van der Waals surface area contributed by atoms with Crippen molar-refractivity contribution in [1.82, 2.24) is 0 Å². The summed E-state index contributed by atoms with van der Waals surface area (Å²) >= 11 is 0. The van der Waals surface area contributed by atoms with Crippen molar-refractivity contribution in [2.75, 3.05) is 0 Å². The summed E-state index contributed by atoms with van der Waals surface area (Å²) in [6.07, 6.45) is 0.299. The number of halogens is 1. The molecular weight excluding hydrogens is 176 g/mol. The molecule has 0 unspecified atom stereocenters. The lowest BCUT2D eigenvalue weighted by Crippen LogP contribution is -2.07. The van der Waals surface area contributed by atoms with Crippen molar-refractivity contribution in [3.8, 4) is 6.07 Å². The molecule has 0 fully saturated rings. The zero-order chi connectivity index (χ0) is 8.27. The van der Waals surface area contributed by atoms with Crippen molar-refractivity contribution in [2.24, 2.45) is 5.73 Å². The van der Waals surface area contributed by atoms with E-state index < -0.39 is 0 Å². The molecule has 1 heterocycles. The van der Waals surface area contributed by atoms with Gasteiger partial charge in [-0.15, -0.1) is 12.4 Å². The third kappa shape index (κ3) is 2.57. The molecule has 0 radical (unpaired) electrons. The number of hydrogen-bond donors (Lipinski definition) is 1. The van der Waals surface area contributed by atoms with Crippen LogP contribution in [0.5, 0.6) is 0 Å². The minimum atomic E-state index is -0.284. The Morgan fingerprint density at radius 1 is 1.67 bits per heavy atom. The number of furan rings is 1. The molecule has 0 aliphatic heterocycles. The van der Waals surface area contributed by atoms with Gasteiger partial charge in [0, 0.05) is 0 Å². The van der Waals surface area contributed by atoms with Crippen LogP contribution in [-0.4, -0.2) is 0 Å². The molecule has 0 bridgehead atoms. The maximum Gasteiger partial charge on any atom is 0.121 e. The Kier molecular flexibility index (Phi) is 4.42. The normalized spacial score (nSPS) is 11.4. The highest BCUT2D eigenvalue weighted by Gasteiger charge is 2.08. The third-order valence-corrected chi connectivity index (χ3v) is 1.44. The summed E-state index contributed by atoms with van der Waals surface area (Å²) in [5.74, 6) is 1.51. The molecule has 0 saturated heterocycles. The van der Waals surface area contributed by atoms with Gasteiger partial charge in [-0.3, -0.25) is 0 Å². The second kappa shape index (κ2) is 4.81. The molecule has 0 aromatic carbocycles. The van der Waals surface area contributed by atoms with Crippen molar-refractivity contribution < 1.29 is 4.42 Å². The quantitative estimate of drug-likeness (QED) is 0.768. The highest BCUT2D eigenvalue weighted by molar-refractivity contribution is 5.85. The van der Waals surface area contributed by atoms with Gasteiger partial charge in [-0.1, -0.05) is 0 Å². The van der Waals surface area contributed by atoms with Gasteiger partial charge in [-0.2, -0.15) is 5.26 Å². The van der Waals surface area contributed by atoms with Gasteiger partial charge in [-0.05, 0) is 19.1 Å². The summed E-state index contributed by atoms with van der Waals surface area (Å²) in [6, 6.07) is 5.35. The summed E-state index contributed by atoms with van der Waals surface area (Å²) in [7, 11) is 0. The van der Waals surface area contributed by atoms with Crippen LogP contribution in [0.15, 0.2) is 16.5 Å². The van der Waals surface area contributed by atoms with Crippen molar-refractivity contribution in [3.05, 3.63) is 23.7 Å². The van der Waals surface area contributed by atoms with Gasteiger partial charge in [0.25, 0.3) is 0 Å². The van der Waals surface area contributed by atoms with E-state index in [9.17, 15) is 0 Å². The number of rotatable bonds is 2. The standard InChI is InChI=1S/C8H10N2O.ClH/c1-6-2-3-8(11-6)7(10)4-5-9;/h2-3,7H,4,10H2,1H3;1H/t7-;/m1./s1. The fourth-order valence-corrected chi connectivity index (χ4v) is 0.852. The lowest BCUT2D eigenvalue weighted by molar-refractivity contribution is 0.448. The molecular formula is C8H11ClN2O. The lowest BCUT2D eigenvalue weighted by Gasteiger charge is -2.00. The van der Waals surface area contributed by atoms with Crippen molar-refractivity contribution >= 4 is 12.4 Å². The Morgan fingerprint density at radius 3 is 2.75 bits per heavy atom. The molecule has 66 valence electrons. The average Bonchev–Trinajstić information content (AvgIpc) is 2.36. The van der Waals surface area contributed by atoms with Gasteiger partial charge in [0.15, 0.2) is 0 Å². The van der Waals surface area contributed by atoms with Crippen LogP contribution in [0.1, 0.15) is 24.0 Å². The largest absolute Gasteiger partial charge is 0.465 e. The Hall–Kier alpha value is -0.980. The lowest BCUT2D eigenvalue weighted by atomic mass is 10.2. The minimum Gasteiger partial charge on any atom is -0.465 e. The number of hydrogen-bond acceptors (Lipinski definition) is 3. The van der Waals surface area contributed by atoms with Crippen LogP contribution in [0, 0.1) is 18.3 Å². The average molecular weight is 187 g/mol. The number of nitriles is 1.